The number of nitrogens with one attached hydrogen (secondary N) is 1. The van der Waals surface area contributed by atoms with Gasteiger partial charge in [-0.1, -0.05) is 0 Å². The highest BCUT2D eigenvalue weighted by Crippen LogP contribution is 2.29. The number of nitro groups is 1. The molecule has 0 radical (unpaired) electrons. The van der Waals surface area contributed by atoms with E-state index in [0.29, 0.717) is 31.8 Å². The lowest BCUT2D eigenvalue weighted by Crippen LogP contribution is -2.40. The van der Waals surface area contributed by atoms with Gasteiger partial charge < -0.3 is 5.32 Å². The van der Waals surface area contributed by atoms with E-state index in [1.54, 1.807) is 0 Å². The van der Waals surface area contributed by atoms with Gasteiger partial charge in [-0.2, -0.15) is 4.31 Å². The lowest BCUT2D eigenvalue weighted by molar-refractivity contribution is -0.385. The van der Waals surface area contributed by atoms with Gasteiger partial charge in [0.1, 0.15) is 5.82 Å². The molecule has 0 spiro atoms. The first-order chi connectivity index (χ1) is 10.8. The predicted octanol–water partition coefficient (Wildman–Crippen LogP) is 1.66. The second-order valence-electron chi connectivity index (χ2n) is 5.71. The number of benzene rings is 1. The van der Waals surface area contributed by atoms with Crippen molar-refractivity contribution >= 4 is 15.7 Å². The second kappa shape index (κ2) is 6.90. The first-order valence-electron chi connectivity index (χ1n) is 7.36. The number of nitrogens with zero attached hydrogens (tertiary/aromatic N) is 2. The molecule has 1 aromatic carbocycles. The largest absolute Gasteiger partial charge is 0.319 e. The fourth-order valence-corrected chi connectivity index (χ4v) is 4.27. The molecule has 0 aliphatic carbocycles. The van der Waals surface area contributed by atoms with Crippen LogP contribution in [0.5, 0.6) is 0 Å². The standard InChI is InChI=1S/C14H20FN3O4S/c1-10-13(15)7-12(8-14(10)18(19)20)23(21,22)17-5-3-11(4-6-17)9-16-2/h7-8,11,16H,3-6,9H2,1-2H3. The monoisotopic (exact) mass is 345 g/mol. The Kier molecular flexibility index (Phi) is 5.33. The lowest BCUT2D eigenvalue weighted by Gasteiger charge is -2.31. The van der Waals surface area contributed by atoms with Crippen LogP contribution in [-0.4, -0.2) is 44.3 Å². The molecule has 0 amide bonds. The van der Waals surface area contributed by atoms with Crippen LogP contribution in [0, 0.1) is 28.8 Å². The first kappa shape index (κ1) is 17.8. The van der Waals surface area contributed by atoms with Crippen molar-refractivity contribution in [1.82, 2.24) is 9.62 Å². The molecule has 2 rings (SSSR count). The molecule has 1 heterocycles. The van der Waals surface area contributed by atoms with Gasteiger partial charge in [0, 0.05) is 19.2 Å². The highest BCUT2D eigenvalue weighted by atomic mass is 32.2. The van der Waals surface area contributed by atoms with Gasteiger partial charge in [-0.3, -0.25) is 10.1 Å². The Bertz CT molecular complexity index is 700. The van der Waals surface area contributed by atoms with Gasteiger partial charge in [0.15, 0.2) is 0 Å². The number of sulfonamides is 1. The normalized spacial score (nSPS) is 17.3. The summed E-state index contributed by atoms with van der Waals surface area (Å²) >= 11 is 0. The minimum atomic E-state index is -3.93. The molecule has 0 saturated carbocycles. The number of hydrogen-bond donors (Lipinski definition) is 1. The average Bonchev–Trinajstić information content (AvgIpc) is 2.50. The highest BCUT2D eigenvalue weighted by molar-refractivity contribution is 7.89. The highest BCUT2D eigenvalue weighted by Gasteiger charge is 2.31. The third kappa shape index (κ3) is 3.67. The van der Waals surface area contributed by atoms with E-state index < -0.39 is 26.5 Å². The number of halogens is 1. The summed E-state index contributed by atoms with van der Waals surface area (Å²) in [6, 6.07) is 1.80. The molecule has 23 heavy (non-hydrogen) atoms. The summed E-state index contributed by atoms with van der Waals surface area (Å²) in [5, 5.41) is 14.0. The van der Waals surface area contributed by atoms with Crippen molar-refractivity contribution in [2.75, 3.05) is 26.7 Å². The number of rotatable bonds is 5. The van der Waals surface area contributed by atoms with Crippen molar-refractivity contribution < 1.29 is 17.7 Å². The fraction of sp³-hybridized carbons (Fsp3) is 0.571. The molecular formula is C14H20FN3O4S. The summed E-state index contributed by atoms with van der Waals surface area (Å²) < 4.78 is 40.4. The van der Waals surface area contributed by atoms with Gasteiger partial charge in [0.25, 0.3) is 5.69 Å². The minimum Gasteiger partial charge on any atom is -0.319 e. The molecule has 1 fully saturated rings. The molecule has 1 aromatic rings. The smallest absolute Gasteiger partial charge is 0.276 e. The summed E-state index contributed by atoms with van der Waals surface area (Å²) in [6.07, 6.45) is 1.41. The second-order valence-corrected chi connectivity index (χ2v) is 7.65. The Labute approximate surface area is 134 Å². The van der Waals surface area contributed by atoms with Crippen LogP contribution in [0.15, 0.2) is 17.0 Å². The maximum atomic E-state index is 13.9. The molecule has 0 aromatic heterocycles. The summed E-state index contributed by atoms with van der Waals surface area (Å²) in [7, 11) is -2.08. The Balaban J connectivity index is 2.29. The summed E-state index contributed by atoms with van der Waals surface area (Å²) in [5.41, 5.74) is -0.685. The van der Waals surface area contributed by atoms with E-state index in [4.69, 9.17) is 0 Å². The van der Waals surface area contributed by atoms with Gasteiger partial charge in [-0.25, -0.2) is 12.8 Å². The van der Waals surface area contributed by atoms with Crippen LogP contribution in [0.25, 0.3) is 0 Å². The maximum Gasteiger partial charge on any atom is 0.276 e. The molecule has 1 aliphatic rings. The average molecular weight is 345 g/mol. The van der Waals surface area contributed by atoms with Crippen molar-refractivity contribution in [2.45, 2.75) is 24.7 Å². The van der Waals surface area contributed by atoms with Gasteiger partial charge in [-0.15, -0.1) is 0 Å². The summed E-state index contributed by atoms with van der Waals surface area (Å²) in [4.78, 5) is 9.84. The van der Waals surface area contributed by atoms with Gasteiger partial charge >= 0.3 is 0 Å². The van der Waals surface area contributed by atoms with Crippen molar-refractivity contribution in [3.05, 3.63) is 33.6 Å². The Morgan fingerprint density at radius 3 is 2.52 bits per heavy atom. The van der Waals surface area contributed by atoms with Crippen LogP contribution in [0.1, 0.15) is 18.4 Å². The number of nitro benzene ring substituents is 1. The van der Waals surface area contributed by atoms with Crippen molar-refractivity contribution in [2.24, 2.45) is 5.92 Å². The van der Waals surface area contributed by atoms with Gasteiger partial charge in [-0.05, 0) is 45.3 Å². The van der Waals surface area contributed by atoms with E-state index in [1.807, 2.05) is 7.05 Å². The third-order valence-corrected chi connectivity index (χ3v) is 6.07. The molecule has 0 atom stereocenters. The van der Waals surface area contributed by atoms with Crippen LogP contribution in [0.2, 0.25) is 0 Å². The molecule has 9 heteroatoms. The molecule has 7 nitrogen and oxygen atoms in total. The molecule has 128 valence electrons. The molecule has 0 bridgehead atoms. The van der Waals surface area contributed by atoms with E-state index in [2.05, 4.69) is 5.32 Å². The summed E-state index contributed by atoms with van der Waals surface area (Å²) in [6.45, 7) is 2.74. The Morgan fingerprint density at radius 1 is 1.39 bits per heavy atom. The van der Waals surface area contributed by atoms with E-state index in [9.17, 15) is 22.9 Å². The molecule has 0 unspecified atom stereocenters. The lowest BCUT2D eigenvalue weighted by atomic mass is 9.98. The number of hydrogen-bond acceptors (Lipinski definition) is 5. The topological polar surface area (TPSA) is 92.6 Å². The molecule has 1 saturated heterocycles. The van der Waals surface area contributed by atoms with E-state index in [1.165, 1.54) is 11.2 Å². The van der Waals surface area contributed by atoms with E-state index >= 15 is 0 Å². The molecule has 1 N–H and O–H groups in total. The van der Waals surface area contributed by atoms with Gasteiger partial charge in [0.2, 0.25) is 10.0 Å². The van der Waals surface area contributed by atoms with Crippen molar-refractivity contribution in [3.63, 3.8) is 0 Å². The zero-order chi connectivity index (χ0) is 17.2. The first-order valence-corrected chi connectivity index (χ1v) is 8.80. The Morgan fingerprint density at radius 2 is 2.00 bits per heavy atom. The van der Waals surface area contributed by atoms with Crippen LogP contribution >= 0.6 is 0 Å². The van der Waals surface area contributed by atoms with Gasteiger partial charge in [0.05, 0.1) is 15.4 Å². The predicted molar refractivity (Wildman–Crippen MR) is 83.2 cm³/mol. The van der Waals surface area contributed by atoms with Crippen LogP contribution in [-0.2, 0) is 10.0 Å². The zero-order valence-electron chi connectivity index (χ0n) is 13.1. The molecule has 1 aliphatic heterocycles. The van der Waals surface area contributed by atoms with Crippen molar-refractivity contribution in [3.8, 4) is 0 Å². The van der Waals surface area contributed by atoms with Crippen LogP contribution in [0.3, 0.4) is 0 Å². The Hall–Kier alpha value is -1.58. The van der Waals surface area contributed by atoms with Crippen LogP contribution < -0.4 is 5.32 Å². The number of piperidine rings is 1. The minimum absolute atomic E-state index is 0.165. The zero-order valence-corrected chi connectivity index (χ0v) is 13.9. The third-order valence-electron chi connectivity index (χ3n) is 4.19. The van der Waals surface area contributed by atoms with Crippen molar-refractivity contribution in [1.29, 1.82) is 0 Å². The SMILES string of the molecule is CNCC1CCN(S(=O)(=O)c2cc(F)c(C)c([N+](=O)[O-])c2)CC1. The van der Waals surface area contributed by atoms with Crippen LogP contribution in [0.4, 0.5) is 10.1 Å². The maximum absolute atomic E-state index is 13.9. The quantitative estimate of drug-likeness (QED) is 0.647. The van der Waals surface area contributed by atoms with E-state index in [-0.39, 0.29) is 10.5 Å². The fourth-order valence-electron chi connectivity index (χ4n) is 2.77. The van der Waals surface area contributed by atoms with E-state index in [0.717, 1.165) is 18.7 Å². The summed E-state index contributed by atoms with van der Waals surface area (Å²) in [5.74, 6) is -0.488. The molecular weight excluding hydrogens is 325 g/mol.